The van der Waals surface area contributed by atoms with Gasteiger partial charge in [0.05, 0.1) is 0 Å². The molecule has 0 spiro atoms. The number of pyridine rings is 1. The van der Waals surface area contributed by atoms with Gasteiger partial charge in [0, 0.05) is 47.6 Å². The van der Waals surface area contributed by atoms with Crippen molar-refractivity contribution in [3.05, 3.63) is 133 Å². The summed E-state index contributed by atoms with van der Waals surface area (Å²) in [5.41, 5.74) is 6.52. The zero-order valence-electron chi connectivity index (χ0n) is 27.2. The van der Waals surface area contributed by atoms with Gasteiger partial charge in [-0.1, -0.05) is 65.3 Å². The first kappa shape index (κ1) is 30.5. The van der Waals surface area contributed by atoms with Gasteiger partial charge in [-0.15, -0.1) is 41.3 Å². The monoisotopic (exact) mass is 820 g/mol. The third-order valence-corrected chi connectivity index (χ3v) is 11.6. The number of ether oxygens (including phenoxy) is 1. The van der Waals surface area contributed by atoms with Gasteiger partial charge in [0.25, 0.3) is 0 Å². The predicted octanol–water partition coefficient (Wildman–Crippen LogP) is 9.11. The summed E-state index contributed by atoms with van der Waals surface area (Å²) in [4.78, 5) is 5.06. The van der Waals surface area contributed by atoms with Crippen molar-refractivity contribution in [1.29, 1.82) is 0 Å². The van der Waals surface area contributed by atoms with E-state index in [9.17, 15) is 0 Å². The normalized spacial score (nSPS) is 23.9. The summed E-state index contributed by atoms with van der Waals surface area (Å²) in [6.45, 7) is 0. The third-order valence-electron chi connectivity index (χ3n) is 11.6. The molecule has 49 heavy (non-hydrogen) atoms. The van der Waals surface area contributed by atoms with E-state index in [0.29, 0.717) is 23.3 Å². The van der Waals surface area contributed by atoms with Crippen molar-refractivity contribution in [1.82, 2.24) is 24.5 Å². The van der Waals surface area contributed by atoms with E-state index in [4.69, 9.17) is 9.72 Å². The third kappa shape index (κ3) is 4.82. The second-order valence-electron chi connectivity index (χ2n) is 14.2. The van der Waals surface area contributed by atoms with Gasteiger partial charge in [0.2, 0.25) is 0 Å². The average molecular weight is 821 g/mol. The minimum absolute atomic E-state index is 0. The van der Waals surface area contributed by atoms with Crippen LogP contribution in [0, 0.1) is 35.8 Å². The molecule has 4 aromatic carbocycles. The van der Waals surface area contributed by atoms with Crippen LogP contribution in [0.3, 0.4) is 0 Å². The first-order valence-corrected chi connectivity index (χ1v) is 17.2. The largest absolute Gasteiger partial charge is 2.00 e. The summed E-state index contributed by atoms with van der Waals surface area (Å²) >= 11 is 0. The second-order valence-corrected chi connectivity index (χ2v) is 14.2. The summed E-state index contributed by atoms with van der Waals surface area (Å²) in [7, 11) is 1.86. The van der Waals surface area contributed by atoms with E-state index >= 15 is 0 Å². The van der Waals surface area contributed by atoms with Crippen LogP contribution >= 0.6 is 0 Å². The molecule has 4 bridgehead atoms. The fraction of sp³-hybridized carbons (Fsp3) is 0.262. The zero-order valence-corrected chi connectivity index (χ0v) is 29.5. The molecular weight excluding hydrogens is 786 g/mol. The Kier molecular flexibility index (Phi) is 7.35. The molecule has 11 rings (SSSR count). The topological polar surface area (TPSA) is 57.8 Å². The Hall–Kier alpha value is -4.54. The number of benzene rings is 4. The Morgan fingerprint density at radius 2 is 1.49 bits per heavy atom. The number of aryl methyl sites for hydroxylation is 1. The molecule has 0 saturated heterocycles. The first-order valence-electron chi connectivity index (χ1n) is 17.2. The minimum atomic E-state index is 0. The number of hydrogen-bond acceptors (Lipinski definition) is 4. The number of fused-ring (bicyclic) bond motifs is 3. The molecule has 0 aliphatic heterocycles. The molecule has 3 aromatic heterocycles. The van der Waals surface area contributed by atoms with Crippen LogP contribution in [-0.2, 0) is 33.5 Å². The molecule has 4 aliphatic carbocycles. The van der Waals surface area contributed by atoms with Crippen LogP contribution < -0.4 is 4.74 Å². The first-order chi connectivity index (χ1) is 23.6. The van der Waals surface area contributed by atoms with Crippen molar-refractivity contribution in [2.75, 3.05) is 0 Å². The molecule has 4 aliphatic rings. The number of aromatic nitrogens is 5. The SMILES string of the molecule is Cn1cc(-c2[c-]c(Oc3[c-]c4c(cc3)c3ccccc3n4-c3cc(C4(c5ccccc5)C5CC6CC(C5)CC4C6)ccn3)ccc2)nn1.[Pt+2]. The van der Waals surface area contributed by atoms with E-state index in [0.717, 1.165) is 45.3 Å². The van der Waals surface area contributed by atoms with Crippen molar-refractivity contribution in [2.45, 2.75) is 37.5 Å². The molecular formula is C42H35N5OPt. The van der Waals surface area contributed by atoms with E-state index < -0.39 is 0 Å². The molecule has 0 unspecified atom stereocenters. The molecule has 4 fully saturated rings. The second kappa shape index (κ2) is 11.8. The van der Waals surface area contributed by atoms with Gasteiger partial charge in [-0.25, -0.2) is 4.98 Å². The van der Waals surface area contributed by atoms with Crippen molar-refractivity contribution < 1.29 is 25.8 Å². The summed E-state index contributed by atoms with van der Waals surface area (Å²) in [5, 5.41) is 10.6. The van der Waals surface area contributed by atoms with Gasteiger partial charge in [0.15, 0.2) is 0 Å². The maximum atomic E-state index is 6.40. The standard InChI is InChI=1S/C42H35N5O.Pt/c1-46-26-38(44-45-46)29-8-7-11-34(23-29)48-35-14-15-37-36-12-5-6-13-39(36)47(40(37)25-35)41-24-31(16-17-43-41)42(30-9-3-2-4-10-30)32-19-27-18-28(21-32)22-33(42)20-27;/h2-17,24,26-28,32-33H,18-22H2,1H3;/q-2;+2. The molecule has 3 heterocycles. The van der Waals surface area contributed by atoms with Crippen LogP contribution in [0.2, 0.25) is 0 Å². The Morgan fingerprint density at radius 1 is 0.735 bits per heavy atom. The van der Waals surface area contributed by atoms with E-state index in [1.807, 2.05) is 43.7 Å². The van der Waals surface area contributed by atoms with Gasteiger partial charge in [-0.2, -0.15) is 11.2 Å². The fourth-order valence-corrected chi connectivity index (χ4v) is 9.97. The van der Waals surface area contributed by atoms with E-state index in [1.165, 1.54) is 48.6 Å². The van der Waals surface area contributed by atoms with Gasteiger partial charge in [-0.3, -0.25) is 4.68 Å². The summed E-state index contributed by atoms with van der Waals surface area (Å²) < 4.78 is 10.4. The molecule has 6 nitrogen and oxygen atoms in total. The van der Waals surface area contributed by atoms with Crippen LogP contribution in [0.15, 0.2) is 109 Å². The van der Waals surface area contributed by atoms with Crippen LogP contribution in [-0.4, -0.2) is 24.5 Å². The van der Waals surface area contributed by atoms with Crippen LogP contribution in [0.4, 0.5) is 0 Å². The summed E-state index contributed by atoms with van der Waals surface area (Å²) in [6, 6.07) is 41.6. The Labute approximate surface area is 300 Å². The summed E-state index contributed by atoms with van der Waals surface area (Å²) in [6.07, 6.45) is 10.7. The van der Waals surface area contributed by atoms with Crippen LogP contribution in [0.25, 0.3) is 38.9 Å². The Morgan fingerprint density at radius 3 is 2.27 bits per heavy atom. The predicted molar refractivity (Wildman–Crippen MR) is 187 cm³/mol. The Bertz CT molecular complexity index is 2300. The van der Waals surface area contributed by atoms with Gasteiger partial charge in [0.1, 0.15) is 5.82 Å². The van der Waals surface area contributed by atoms with Crippen LogP contribution in [0.1, 0.15) is 43.2 Å². The van der Waals surface area contributed by atoms with Gasteiger partial charge < -0.3 is 9.30 Å². The van der Waals surface area contributed by atoms with E-state index in [1.54, 1.807) is 4.68 Å². The van der Waals surface area contributed by atoms with E-state index in [2.05, 4.69) is 99.8 Å². The summed E-state index contributed by atoms with van der Waals surface area (Å²) in [5.74, 6) is 5.23. The molecule has 4 saturated carbocycles. The van der Waals surface area contributed by atoms with Gasteiger partial charge in [-0.05, 0) is 90.5 Å². The van der Waals surface area contributed by atoms with Crippen molar-refractivity contribution >= 4 is 21.8 Å². The molecule has 244 valence electrons. The number of rotatable bonds is 6. The molecule has 7 heteroatoms. The van der Waals surface area contributed by atoms with E-state index in [-0.39, 0.29) is 26.5 Å². The molecule has 0 atom stereocenters. The van der Waals surface area contributed by atoms with Gasteiger partial charge >= 0.3 is 21.1 Å². The fourth-order valence-electron chi connectivity index (χ4n) is 9.97. The smallest absolute Gasteiger partial charge is 0.503 e. The van der Waals surface area contributed by atoms with Crippen LogP contribution in [0.5, 0.6) is 11.5 Å². The molecule has 7 aromatic rings. The maximum Gasteiger partial charge on any atom is 2.00 e. The Balaban J connectivity index is 0.00000325. The zero-order chi connectivity index (χ0) is 31.8. The number of nitrogens with zero attached hydrogens (tertiary/aromatic N) is 5. The molecule has 0 radical (unpaired) electrons. The maximum absolute atomic E-state index is 6.40. The number of para-hydroxylation sites is 1. The average Bonchev–Trinajstić information content (AvgIpc) is 3.70. The van der Waals surface area contributed by atoms with Crippen molar-refractivity contribution in [3.63, 3.8) is 0 Å². The quantitative estimate of drug-likeness (QED) is 0.157. The minimum Gasteiger partial charge on any atom is -0.503 e. The van der Waals surface area contributed by atoms with Crippen molar-refractivity contribution in [2.24, 2.45) is 30.7 Å². The van der Waals surface area contributed by atoms with Crippen molar-refractivity contribution in [3.8, 4) is 28.6 Å². The molecule has 0 N–H and O–H groups in total. The number of hydrogen-bond donors (Lipinski definition) is 0. The molecule has 0 amide bonds.